The van der Waals surface area contributed by atoms with Crippen molar-refractivity contribution in [3.63, 3.8) is 0 Å². The molecule has 0 atom stereocenters. The zero-order chi connectivity index (χ0) is 25.2. The van der Waals surface area contributed by atoms with Crippen LogP contribution in [0, 0.1) is 5.92 Å². The van der Waals surface area contributed by atoms with Crippen LogP contribution in [0.3, 0.4) is 0 Å². The minimum absolute atomic E-state index is 0.111. The Balaban J connectivity index is 1.48. The Morgan fingerprint density at radius 1 is 1.17 bits per heavy atom. The van der Waals surface area contributed by atoms with Gasteiger partial charge < -0.3 is 10.1 Å². The van der Waals surface area contributed by atoms with Gasteiger partial charge in [-0.2, -0.15) is 0 Å². The number of rotatable bonds is 8. The highest BCUT2D eigenvalue weighted by Gasteiger charge is 2.29. The molecule has 5 rings (SSSR count). The van der Waals surface area contributed by atoms with Crippen LogP contribution in [0.5, 0.6) is 5.75 Å². The first kappa shape index (κ1) is 23.5. The quantitative estimate of drug-likeness (QED) is 0.391. The van der Waals surface area contributed by atoms with E-state index in [0.29, 0.717) is 24.6 Å². The third kappa shape index (κ3) is 5.05. The van der Waals surface area contributed by atoms with Gasteiger partial charge in [0.1, 0.15) is 12.4 Å². The molecule has 1 aliphatic rings. The number of hydrogen-bond donors (Lipinski definition) is 2. The molecule has 0 saturated heterocycles. The van der Waals surface area contributed by atoms with Gasteiger partial charge in [-0.1, -0.05) is 26.0 Å². The Labute approximate surface area is 207 Å². The molecule has 0 spiro atoms. The van der Waals surface area contributed by atoms with E-state index in [-0.39, 0.29) is 28.4 Å². The number of aromatic nitrogens is 4. The molecule has 3 heterocycles. The van der Waals surface area contributed by atoms with Gasteiger partial charge in [0, 0.05) is 36.1 Å². The number of benzene rings is 1. The average Bonchev–Trinajstić information content (AvgIpc) is 3.71. The summed E-state index contributed by atoms with van der Waals surface area (Å²) in [5.41, 5.74) is 1.33. The second kappa shape index (κ2) is 9.77. The maximum atomic E-state index is 13.5. The summed E-state index contributed by atoms with van der Waals surface area (Å²) in [6, 6.07) is 14.3. The van der Waals surface area contributed by atoms with Gasteiger partial charge >= 0.3 is 5.69 Å². The molecule has 0 aliphatic heterocycles. The van der Waals surface area contributed by atoms with E-state index in [9.17, 15) is 14.4 Å². The fourth-order valence-corrected chi connectivity index (χ4v) is 4.10. The van der Waals surface area contributed by atoms with Crippen molar-refractivity contribution < 1.29 is 9.53 Å². The van der Waals surface area contributed by atoms with Gasteiger partial charge in [-0.25, -0.2) is 9.78 Å². The first-order valence-electron chi connectivity index (χ1n) is 12.0. The number of carbonyl (C=O) groups is 1. The van der Waals surface area contributed by atoms with E-state index in [4.69, 9.17) is 4.74 Å². The molecule has 0 bridgehead atoms. The number of ether oxygens (including phenoxy) is 1. The number of aromatic amines is 1. The van der Waals surface area contributed by atoms with Crippen molar-refractivity contribution in [3.05, 3.63) is 92.5 Å². The first-order chi connectivity index (χ1) is 17.4. The van der Waals surface area contributed by atoms with Crippen molar-refractivity contribution in [1.29, 1.82) is 0 Å². The molecule has 9 heteroatoms. The number of carbonyl (C=O) groups excluding carboxylic acids is 1. The van der Waals surface area contributed by atoms with Crippen LogP contribution in [-0.2, 0) is 13.2 Å². The van der Waals surface area contributed by atoms with Crippen LogP contribution in [0.1, 0.15) is 54.4 Å². The number of nitrogens with zero attached hydrogens (tertiary/aromatic N) is 3. The van der Waals surface area contributed by atoms with Gasteiger partial charge in [-0.15, -0.1) is 0 Å². The lowest BCUT2D eigenvalue weighted by Gasteiger charge is -2.15. The second-order valence-electron chi connectivity index (χ2n) is 9.42. The van der Waals surface area contributed by atoms with E-state index >= 15 is 0 Å². The van der Waals surface area contributed by atoms with Crippen LogP contribution in [0.4, 0.5) is 5.69 Å². The highest BCUT2D eigenvalue weighted by atomic mass is 16.5. The maximum absolute atomic E-state index is 13.5. The molecule has 3 aromatic heterocycles. The van der Waals surface area contributed by atoms with E-state index in [1.54, 1.807) is 36.5 Å². The minimum atomic E-state index is -0.623. The van der Waals surface area contributed by atoms with Crippen LogP contribution >= 0.6 is 0 Å². The summed E-state index contributed by atoms with van der Waals surface area (Å²) < 4.78 is 7.27. The van der Waals surface area contributed by atoms with Crippen molar-refractivity contribution in [2.24, 2.45) is 5.92 Å². The normalized spacial score (nSPS) is 13.2. The Kier molecular flexibility index (Phi) is 6.37. The number of fused-ring (bicyclic) bond motifs is 1. The Morgan fingerprint density at radius 2 is 2.00 bits per heavy atom. The van der Waals surface area contributed by atoms with Crippen LogP contribution in [-0.4, -0.2) is 25.4 Å². The Bertz CT molecular complexity index is 1540. The average molecular weight is 486 g/mol. The van der Waals surface area contributed by atoms with Gasteiger partial charge in [0.05, 0.1) is 16.6 Å². The standard InChI is InChI=1S/C27H27N5O4/c1-16(2)14-32-24-23(26(34)31-27(32)35)21(13-22(30-24)17-9-10-17)25(33)29-18-7-5-8-20(12-18)36-15-19-6-3-4-11-28-19/h3-8,11-13,16-17H,9-10,14-15H2,1-2H3,(H,29,33)(H,31,34,35). The summed E-state index contributed by atoms with van der Waals surface area (Å²) in [5, 5.41) is 2.99. The van der Waals surface area contributed by atoms with Crippen molar-refractivity contribution in [3.8, 4) is 5.75 Å². The number of pyridine rings is 2. The largest absolute Gasteiger partial charge is 0.487 e. The van der Waals surface area contributed by atoms with E-state index in [1.165, 1.54) is 4.57 Å². The molecule has 1 saturated carbocycles. The summed E-state index contributed by atoms with van der Waals surface area (Å²) in [6.45, 7) is 4.63. The molecule has 2 N–H and O–H groups in total. The van der Waals surface area contributed by atoms with Gasteiger partial charge in [0.2, 0.25) is 0 Å². The van der Waals surface area contributed by atoms with Crippen molar-refractivity contribution in [1.82, 2.24) is 19.5 Å². The van der Waals surface area contributed by atoms with Gasteiger partial charge in [-0.05, 0) is 49.1 Å². The monoisotopic (exact) mass is 485 g/mol. The summed E-state index contributed by atoms with van der Waals surface area (Å²) in [6.07, 6.45) is 3.63. The molecule has 1 aromatic carbocycles. The number of nitrogens with one attached hydrogen (secondary N) is 2. The van der Waals surface area contributed by atoms with E-state index in [2.05, 4.69) is 20.3 Å². The topological polar surface area (TPSA) is 119 Å². The lowest BCUT2D eigenvalue weighted by Crippen LogP contribution is -2.33. The molecule has 0 unspecified atom stereocenters. The van der Waals surface area contributed by atoms with E-state index in [1.807, 2.05) is 32.0 Å². The van der Waals surface area contributed by atoms with Crippen LogP contribution in [0.25, 0.3) is 11.0 Å². The van der Waals surface area contributed by atoms with Gasteiger partial charge in [0.15, 0.2) is 5.65 Å². The molecule has 4 aromatic rings. The highest BCUT2D eigenvalue weighted by molar-refractivity contribution is 6.12. The predicted octanol–water partition coefficient (Wildman–Crippen LogP) is 3.84. The van der Waals surface area contributed by atoms with Crippen LogP contribution in [0.15, 0.2) is 64.3 Å². The summed E-state index contributed by atoms with van der Waals surface area (Å²) >= 11 is 0. The second-order valence-corrected chi connectivity index (χ2v) is 9.42. The van der Waals surface area contributed by atoms with Crippen molar-refractivity contribution in [2.75, 3.05) is 5.32 Å². The molecular weight excluding hydrogens is 458 g/mol. The molecule has 1 aliphatic carbocycles. The van der Waals surface area contributed by atoms with E-state index in [0.717, 1.165) is 24.2 Å². The number of anilines is 1. The molecular formula is C27H27N5O4. The lowest BCUT2D eigenvalue weighted by molar-refractivity contribution is 0.102. The molecule has 0 radical (unpaired) electrons. The Morgan fingerprint density at radius 3 is 2.72 bits per heavy atom. The maximum Gasteiger partial charge on any atom is 0.330 e. The third-order valence-electron chi connectivity index (χ3n) is 5.96. The summed E-state index contributed by atoms with van der Waals surface area (Å²) in [7, 11) is 0. The summed E-state index contributed by atoms with van der Waals surface area (Å²) in [5.74, 6) is 0.493. The van der Waals surface area contributed by atoms with E-state index < -0.39 is 17.2 Å². The molecule has 184 valence electrons. The third-order valence-corrected chi connectivity index (χ3v) is 5.96. The van der Waals surface area contributed by atoms with Crippen molar-refractivity contribution in [2.45, 2.75) is 45.8 Å². The lowest BCUT2D eigenvalue weighted by atomic mass is 10.1. The Hall–Kier alpha value is -4.27. The first-order valence-corrected chi connectivity index (χ1v) is 12.0. The zero-order valence-electron chi connectivity index (χ0n) is 20.2. The van der Waals surface area contributed by atoms with Crippen LogP contribution in [0.2, 0.25) is 0 Å². The van der Waals surface area contributed by atoms with Crippen molar-refractivity contribution >= 4 is 22.6 Å². The minimum Gasteiger partial charge on any atom is -0.487 e. The molecule has 36 heavy (non-hydrogen) atoms. The van der Waals surface area contributed by atoms with Gasteiger partial charge in [0.25, 0.3) is 11.5 Å². The predicted molar refractivity (Wildman–Crippen MR) is 136 cm³/mol. The SMILES string of the molecule is CC(C)Cn1c(=O)[nH]c(=O)c2c(C(=O)Nc3cccc(OCc4ccccn4)c3)cc(C3CC3)nc21. The number of amides is 1. The highest BCUT2D eigenvalue weighted by Crippen LogP contribution is 2.40. The fourth-order valence-electron chi connectivity index (χ4n) is 4.10. The van der Waals surface area contributed by atoms with Gasteiger partial charge in [-0.3, -0.25) is 24.1 Å². The molecule has 9 nitrogen and oxygen atoms in total. The fraction of sp³-hybridized carbons (Fsp3) is 0.296. The molecule has 1 fully saturated rings. The molecule has 1 amide bonds. The van der Waals surface area contributed by atoms with Crippen LogP contribution < -0.4 is 21.3 Å². The number of H-pyrrole nitrogens is 1. The number of hydrogen-bond acceptors (Lipinski definition) is 6. The smallest absolute Gasteiger partial charge is 0.330 e. The zero-order valence-corrected chi connectivity index (χ0v) is 20.2. The summed E-state index contributed by atoms with van der Waals surface area (Å²) in [4.78, 5) is 50.2.